The molecule has 7 heteroatoms. The first kappa shape index (κ1) is 18.7. The van der Waals surface area contributed by atoms with E-state index >= 15 is 0 Å². The normalized spacial score (nSPS) is 14.5. The third-order valence-corrected chi connectivity index (χ3v) is 5.69. The maximum Gasteiger partial charge on any atom is 0.224 e. The molecule has 30 heavy (non-hydrogen) atoms. The van der Waals surface area contributed by atoms with Gasteiger partial charge in [-0.2, -0.15) is 0 Å². The van der Waals surface area contributed by atoms with Gasteiger partial charge >= 0.3 is 0 Å². The zero-order valence-corrected chi connectivity index (χ0v) is 16.9. The van der Waals surface area contributed by atoms with Crippen molar-refractivity contribution in [1.82, 2.24) is 19.4 Å². The minimum absolute atomic E-state index is 0.165. The SMILES string of the molecule is COc1ccc2c(c1)cc(-c1cc3cccnc3[nH]1)n2CCC(=O)N1CCOCC1. The predicted octanol–water partition coefficient (Wildman–Crippen LogP) is 3.44. The van der Waals surface area contributed by atoms with Gasteiger partial charge in [0.25, 0.3) is 0 Å². The van der Waals surface area contributed by atoms with E-state index in [-0.39, 0.29) is 5.91 Å². The number of hydrogen-bond acceptors (Lipinski definition) is 4. The molecule has 0 bridgehead atoms. The van der Waals surface area contributed by atoms with Gasteiger partial charge in [0.2, 0.25) is 5.91 Å². The molecule has 0 radical (unpaired) electrons. The summed E-state index contributed by atoms with van der Waals surface area (Å²) in [6.45, 7) is 3.17. The van der Waals surface area contributed by atoms with E-state index in [1.807, 2.05) is 29.2 Å². The van der Waals surface area contributed by atoms with Gasteiger partial charge < -0.3 is 23.9 Å². The van der Waals surface area contributed by atoms with Crippen LogP contribution in [0, 0.1) is 0 Å². The number of ether oxygens (including phenoxy) is 2. The summed E-state index contributed by atoms with van der Waals surface area (Å²) in [4.78, 5) is 22.5. The fourth-order valence-corrected chi connectivity index (χ4v) is 4.11. The van der Waals surface area contributed by atoms with Crippen molar-refractivity contribution in [2.45, 2.75) is 13.0 Å². The van der Waals surface area contributed by atoms with Gasteiger partial charge in [0, 0.05) is 48.5 Å². The summed E-state index contributed by atoms with van der Waals surface area (Å²) in [5, 5.41) is 2.14. The maximum atomic E-state index is 12.7. The minimum atomic E-state index is 0.165. The Hall–Kier alpha value is -3.32. The van der Waals surface area contributed by atoms with Gasteiger partial charge in [0.15, 0.2) is 0 Å². The average molecular weight is 404 g/mol. The van der Waals surface area contributed by atoms with Crippen LogP contribution < -0.4 is 4.74 Å². The summed E-state index contributed by atoms with van der Waals surface area (Å²) in [7, 11) is 1.67. The van der Waals surface area contributed by atoms with Crippen LogP contribution in [0.5, 0.6) is 5.75 Å². The number of pyridine rings is 1. The van der Waals surface area contributed by atoms with E-state index < -0.39 is 0 Å². The van der Waals surface area contributed by atoms with Crippen molar-refractivity contribution in [2.24, 2.45) is 0 Å². The van der Waals surface area contributed by atoms with Crippen molar-refractivity contribution in [3.63, 3.8) is 0 Å². The second kappa shape index (κ2) is 7.84. The van der Waals surface area contributed by atoms with Gasteiger partial charge in [-0.05, 0) is 42.5 Å². The third kappa shape index (κ3) is 3.41. The monoisotopic (exact) mass is 404 g/mol. The van der Waals surface area contributed by atoms with Crippen LogP contribution in [0.3, 0.4) is 0 Å². The second-order valence-corrected chi connectivity index (χ2v) is 7.47. The van der Waals surface area contributed by atoms with Gasteiger partial charge in [-0.25, -0.2) is 4.98 Å². The van der Waals surface area contributed by atoms with Gasteiger partial charge in [-0.3, -0.25) is 4.79 Å². The Morgan fingerprint density at radius 2 is 2.03 bits per heavy atom. The Morgan fingerprint density at radius 1 is 1.17 bits per heavy atom. The number of benzene rings is 1. The van der Waals surface area contributed by atoms with E-state index in [0.717, 1.165) is 39.1 Å². The Labute approximate surface area is 174 Å². The second-order valence-electron chi connectivity index (χ2n) is 7.47. The van der Waals surface area contributed by atoms with Crippen molar-refractivity contribution in [2.75, 3.05) is 33.4 Å². The first-order valence-electron chi connectivity index (χ1n) is 10.2. The Bertz CT molecular complexity index is 1170. The number of morpholine rings is 1. The van der Waals surface area contributed by atoms with Crippen molar-refractivity contribution < 1.29 is 14.3 Å². The summed E-state index contributed by atoms with van der Waals surface area (Å²) in [5.74, 6) is 0.979. The molecule has 7 nitrogen and oxygen atoms in total. The number of carbonyl (C=O) groups excluding carboxylic acids is 1. The summed E-state index contributed by atoms with van der Waals surface area (Å²) in [6.07, 6.45) is 2.23. The molecule has 1 aliphatic heterocycles. The van der Waals surface area contributed by atoms with Gasteiger partial charge in [0.05, 0.1) is 31.7 Å². The molecular formula is C23H24N4O3. The number of carbonyl (C=O) groups is 1. The van der Waals surface area contributed by atoms with E-state index in [4.69, 9.17) is 9.47 Å². The Morgan fingerprint density at radius 3 is 2.83 bits per heavy atom. The molecule has 1 aliphatic rings. The molecular weight excluding hydrogens is 380 g/mol. The number of methoxy groups -OCH3 is 1. The van der Waals surface area contributed by atoms with Crippen LogP contribution in [-0.2, 0) is 16.1 Å². The summed E-state index contributed by atoms with van der Waals surface area (Å²) in [5.41, 5.74) is 3.95. The molecule has 0 atom stereocenters. The highest BCUT2D eigenvalue weighted by Crippen LogP contribution is 2.32. The van der Waals surface area contributed by atoms with Crippen molar-refractivity contribution in [1.29, 1.82) is 0 Å². The lowest BCUT2D eigenvalue weighted by Gasteiger charge is -2.27. The highest BCUT2D eigenvalue weighted by atomic mass is 16.5. The number of amides is 1. The van der Waals surface area contributed by atoms with Gasteiger partial charge in [-0.1, -0.05) is 0 Å². The highest BCUT2D eigenvalue weighted by molar-refractivity contribution is 5.90. The lowest BCUT2D eigenvalue weighted by molar-refractivity contribution is -0.135. The van der Waals surface area contributed by atoms with E-state index in [0.29, 0.717) is 39.3 Å². The van der Waals surface area contributed by atoms with Crippen LogP contribution in [0.1, 0.15) is 6.42 Å². The van der Waals surface area contributed by atoms with E-state index in [9.17, 15) is 4.79 Å². The molecule has 4 aromatic rings. The number of hydrogen-bond donors (Lipinski definition) is 1. The fourth-order valence-electron chi connectivity index (χ4n) is 4.11. The fraction of sp³-hybridized carbons (Fsp3) is 0.304. The molecule has 0 saturated carbocycles. The first-order valence-corrected chi connectivity index (χ1v) is 10.2. The summed E-state index contributed by atoms with van der Waals surface area (Å²) >= 11 is 0. The lowest BCUT2D eigenvalue weighted by atomic mass is 10.2. The molecule has 1 saturated heterocycles. The molecule has 0 aliphatic carbocycles. The highest BCUT2D eigenvalue weighted by Gasteiger charge is 2.19. The average Bonchev–Trinajstić information content (AvgIpc) is 3.38. The lowest BCUT2D eigenvalue weighted by Crippen LogP contribution is -2.40. The molecule has 5 rings (SSSR count). The number of H-pyrrole nitrogens is 1. The van der Waals surface area contributed by atoms with Crippen LogP contribution in [0.2, 0.25) is 0 Å². The first-order chi connectivity index (χ1) is 14.7. The smallest absolute Gasteiger partial charge is 0.224 e. The topological polar surface area (TPSA) is 72.4 Å². The number of aromatic amines is 1. The maximum absolute atomic E-state index is 12.7. The molecule has 1 N–H and O–H groups in total. The van der Waals surface area contributed by atoms with E-state index in [2.05, 4.69) is 32.7 Å². The van der Waals surface area contributed by atoms with Gasteiger partial charge in [0.1, 0.15) is 11.4 Å². The molecule has 1 fully saturated rings. The van der Waals surface area contributed by atoms with Crippen LogP contribution in [0.15, 0.2) is 48.7 Å². The molecule has 4 heterocycles. The minimum Gasteiger partial charge on any atom is -0.497 e. The van der Waals surface area contributed by atoms with Crippen LogP contribution >= 0.6 is 0 Å². The molecule has 0 unspecified atom stereocenters. The number of aryl methyl sites for hydroxylation is 1. The Balaban J connectivity index is 1.52. The van der Waals surface area contributed by atoms with Crippen LogP contribution in [0.25, 0.3) is 33.3 Å². The standard InChI is InChI=1S/C23H24N4O3/c1-29-18-4-5-20-17(13-18)15-21(19-14-16-3-2-7-24-23(16)25-19)27(20)8-6-22(28)26-9-11-30-12-10-26/h2-5,7,13-15H,6,8-12H2,1H3,(H,24,25). The quantitative estimate of drug-likeness (QED) is 0.553. The van der Waals surface area contributed by atoms with Crippen molar-refractivity contribution in [3.05, 3.63) is 48.7 Å². The Kier molecular flexibility index (Phi) is 4.88. The van der Waals surface area contributed by atoms with E-state index in [1.54, 1.807) is 13.3 Å². The predicted molar refractivity (Wildman–Crippen MR) is 116 cm³/mol. The largest absolute Gasteiger partial charge is 0.497 e. The number of nitrogens with zero attached hydrogens (tertiary/aromatic N) is 3. The van der Waals surface area contributed by atoms with Crippen molar-refractivity contribution in [3.8, 4) is 17.1 Å². The van der Waals surface area contributed by atoms with Gasteiger partial charge in [-0.15, -0.1) is 0 Å². The summed E-state index contributed by atoms with van der Waals surface area (Å²) in [6, 6.07) is 14.3. The molecule has 3 aromatic heterocycles. The molecule has 154 valence electrons. The molecule has 1 amide bonds. The van der Waals surface area contributed by atoms with E-state index in [1.165, 1.54) is 0 Å². The third-order valence-electron chi connectivity index (χ3n) is 5.69. The van der Waals surface area contributed by atoms with Crippen molar-refractivity contribution >= 4 is 27.8 Å². The number of nitrogens with one attached hydrogen (secondary N) is 1. The number of aromatic nitrogens is 3. The number of rotatable bonds is 5. The van der Waals surface area contributed by atoms with Crippen LogP contribution in [0.4, 0.5) is 0 Å². The van der Waals surface area contributed by atoms with Crippen LogP contribution in [-0.4, -0.2) is 58.8 Å². The molecule has 1 aromatic carbocycles. The zero-order chi connectivity index (χ0) is 20.5. The zero-order valence-electron chi connectivity index (χ0n) is 16.9. The summed E-state index contributed by atoms with van der Waals surface area (Å²) < 4.78 is 13.0. The molecule has 0 spiro atoms. The number of fused-ring (bicyclic) bond motifs is 2.